The molecule has 0 spiro atoms. The number of aromatic hydroxyl groups is 1. The Morgan fingerprint density at radius 2 is 2.24 bits per heavy atom. The predicted molar refractivity (Wildman–Crippen MR) is 66.0 cm³/mol. The maximum absolute atomic E-state index is 11.6. The van der Waals surface area contributed by atoms with Crippen LogP contribution in [0.1, 0.15) is 36.8 Å². The average Bonchev–Trinajstić information content (AvgIpc) is 2.30. The van der Waals surface area contributed by atoms with Crippen molar-refractivity contribution in [3.8, 4) is 5.75 Å². The van der Waals surface area contributed by atoms with E-state index >= 15 is 0 Å². The molecule has 0 fully saturated rings. The molecule has 2 nitrogen and oxygen atoms in total. The molecule has 2 heteroatoms. The molecule has 2 unspecified atom stereocenters. The summed E-state index contributed by atoms with van der Waals surface area (Å²) in [5.41, 5.74) is 2.56. The third kappa shape index (κ3) is 1.59. The molecule has 0 heterocycles. The summed E-state index contributed by atoms with van der Waals surface area (Å²) in [6.45, 7) is 2.23. The zero-order chi connectivity index (χ0) is 12.0. The first-order valence-corrected chi connectivity index (χ1v) is 6.12. The van der Waals surface area contributed by atoms with Gasteiger partial charge in [-0.3, -0.25) is 4.79 Å². The van der Waals surface area contributed by atoms with Gasteiger partial charge in [0.2, 0.25) is 0 Å². The molecule has 2 atom stereocenters. The second kappa shape index (κ2) is 3.46. The first-order valence-electron chi connectivity index (χ1n) is 6.12. The van der Waals surface area contributed by atoms with Crippen LogP contribution in [0.3, 0.4) is 0 Å². The van der Waals surface area contributed by atoms with Crippen LogP contribution in [-0.4, -0.2) is 10.9 Å². The fraction of sp³-hybridized carbons (Fsp3) is 0.400. The minimum Gasteiger partial charge on any atom is -0.508 e. The number of fused-ring (bicyclic) bond motifs is 3. The SMILES string of the molecule is CC12C=CC(=O)CC1c1ccc(O)cc1CC2. The number of ketones is 1. The smallest absolute Gasteiger partial charge is 0.156 e. The minimum atomic E-state index is 0.109. The van der Waals surface area contributed by atoms with Gasteiger partial charge in [-0.2, -0.15) is 0 Å². The Bertz CT molecular complexity index is 516. The number of phenols is 1. The number of phenolic OH excluding ortho intramolecular Hbond substituents is 1. The summed E-state index contributed by atoms with van der Waals surface area (Å²) in [7, 11) is 0. The van der Waals surface area contributed by atoms with Crippen molar-refractivity contribution >= 4 is 5.78 Å². The highest BCUT2D eigenvalue weighted by atomic mass is 16.3. The van der Waals surface area contributed by atoms with Crippen molar-refractivity contribution in [1.82, 2.24) is 0 Å². The molecule has 17 heavy (non-hydrogen) atoms. The molecule has 0 amide bonds. The topological polar surface area (TPSA) is 37.3 Å². The Hall–Kier alpha value is -1.57. The molecule has 3 rings (SSSR count). The van der Waals surface area contributed by atoms with Crippen molar-refractivity contribution in [2.45, 2.75) is 32.1 Å². The number of carbonyl (C=O) groups is 1. The lowest BCUT2D eigenvalue weighted by Crippen LogP contribution is -2.33. The maximum Gasteiger partial charge on any atom is 0.156 e. The number of hydrogen-bond acceptors (Lipinski definition) is 2. The van der Waals surface area contributed by atoms with Crippen LogP contribution in [0.5, 0.6) is 5.75 Å². The number of rotatable bonds is 0. The standard InChI is InChI=1S/C15H16O2/c1-15-6-4-10-8-11(16)2-3-13(10)14(15)9-12(17)5-7-15/h2-3,5,7-8,14,16H,4,6,9H2,1H3. The zero-order valence-corrected chi connectivity index (χ0v) is 9.94. The lowest BCUT2D eigenvalue weighted by Gasteiger charge is -2.42. The Morgan fingerprint density at radius 1 is 1.41 bits per heavy atom. The highest BCUT2D eigenvalue weighted by Gasteiger charge is 2.40. The highest BCUT2D eigenvalue weighted by Crippen LogP contribution is 2.50. The number of carbonyl (C=O) groups excluding carboxylic acids is 1. The van der Waals surface area contributed by atoms with E-state index in [0.717, 1.165) is 12.8 Å². The van der Waals surface area contributed by atoms with E-state index in [1.54, 1.807) is 12.1 Å². The second-order valence-corrected chi connectivity index (χ2v) is 5.45. The van der Waals surface area contributed by atoms with Crippen molar-refractivity contribution < 1.29 is 9.90 Å². The lowest BCUT2D eigenvalue weighted by molar-refractivity contribution is -0.116. The van der Waals surface area contributed by atoms with Crippen molar-refractivity contribution in [2.24, 2.45) is 5.41 Å². The molecule has 1 aromatic rings. The molecular weight excluding hydrogens is 212 g/mol. The Labute approximate surface area is 101 Å². The van der Waals surface area contributed by atoms with Crippen LogP contribution >= 0.6 is 0 Å². The van der Waals surface area contributed by atoms with Gasteiger partial charge in [-0.05, 0) is 47.6 Å². The Kier molecular flexibility index (Phi) is 2.15. The summed E-state index contributed by atoms with van der Waals surface area (Å²) < 4.78 is 0. The molecule has 0 saturated carbocycles. The summed E-state index contributed by atoms with van der Waals surface area (Å²) in [4.78, 5) is 11.6. The molecule has 0 bridgehead atoms. The number of aryl methyl sites for hydroxylation is 1. The van der Waals surface area contributed by atoms with Crippen LogP contribution in [0.4, 0.5) is 0 Å². The van der Waals surface area contributed by atoms with Crippen LogP contribution in [0.2, 0.25) is 0 Å². The summed E-state index contributed by atoms with van der Waals surface area (Å²) in [6, 6.07) is 5.56. The van der Waals surface area contributed by atoms with Gasteiger partial charge in [0.25, 0.3) is 0 Å². The molecule has 0 aromatic heterocycles. The van der Waals surface area contributed by atoms with Crippen LogP contribution in [0.15, 0.2) is 30.4 Å². The van der Waals surface area contributed by atoms with Crippen molar-refractivity contribution in [3.05, 3.63) is 41.5 Å². The van der Waals surface area contributed by atoms with E-state index in [0.29, 0.717) is 12.2 Å². The van der Waals surface area contributed by atoms with Gasteiger partial charge in [-0.15, -0.1) is 0 Å². The summed E-state index contributed by atoms with van der Waals surface area (Å²) >= 11 is 0. The Morgan fingerprint density at radius 3 is 3.06 bits per heavy atom. The van der Waals surface area contributed by atoms with Gasteiger partial charge in [0, 0.05) is 12.3 Å². The molecule has 1 N–H and O–H groups in total. The summed E-state index contributed by atoms with van der Waals surface area (Å²) in [6.07, 6.45) is 6.46. The van der Waals surface area contributed by atoms with E-state index in [-0.39, 0.29) is 17.1 Å². The highest BCUT2D eigenvalue weighted by molar-refractivity contribution is 5.91. The second-order valence-electron chi connectivity index (χ2n) is 5.45. The Balaban J connectivity index is 2.11. The van der Waals surface area contributed by atoms with Crippen LogP contribution in [0, 0.1) is 5.41 Å². The summed E-state index contributed by atoms with van der Waals surface area (Å²) in [5.74, 6) is 0.822. The number of allylic oxidation sites excluding steroid dienone is 2. The van der Waals surface area contributed by atoms with Crippen LogP contribution in [0.25, 0.3) is 0 Å². The normalized spacial score (nSPS) is 30.9. The lowest BCUT2D eigenvalue weighted by atomic mass is 9.61. The van der Waals surface area contributed by atoms with Crippen LogP contribution < -0.4 is 0 Å². The predicted octanol–water partition coefficient (Wildman–Crippen LogP) is 2.96. The summed E-state index contributed by atoms with van der Waals surface area (Å²) in [5, 5.41) is 9.52. The van der Waals surface area contributed by atoms with Gasteiger partial charge in [0.05, 0.1) is 0 Å². The monoisotopic (exact) mass is 228 g/mol. The molecule has 2 aliphatic rings. The van der Waals surface area contributed by atoms with Crippen molar-refractivity contribution in [1.29, 1.82) is 0 Å². The fourth-order valence-electron chi connectivity index (χ4n) is 3.18. The molecule has 0 aliphatic heterocycles. The molecular formula is C15H16O2. The van der Waals surface area contributed by atoms with E-state index in [2.05, 4.69) is 13.0 Å². The molecule has 1 aromatic carbocycles. The molecule has 0 radical (unpaired) electrons. The van der Waals surface area contributed by atoms with E-state index < -0.39 is 0 Å². The van der Waals surface area contributed by atoms with Crippen molar-refractivity contribution in [3.63, 3.8) is 0 Å². The van der Waals surface area contributed by atoms with E-state index in [1.807, 2.05) is 12.1 Å². The van der Waals surface area contributed by atoms with E-state index in [9.17, 15) is 9.90 Å². The zero-order valence-electron chi connectivity index (χ0n) is 9.94. The largest absolute Gasteiger partial charge is 0.508 e. The average molecular weight is 228 g/mol. The fourth-order valence-corrected chi connectivity index (χ4v) is 3.18. The van der Waals surface area contributed by atoms with Crippen LogP contribution in [-0.2, 0) is 11.2 Å². The van der Waals surface area contributed by atoms with Crippen molar-refractivity contribution in [2.75, 3.05) is 0 Å². The molecule has 88 valence electrons. The van der Waals surface area contributed by atoms with Gasteiger partial charge in [0.15, 0.2) is 5.78 Å². The molecule has 0 saturated heterocycles. The van der Waals surface area contributed by atoms with Gasteiger partial charge in [0.1, 0.15) is 5.75 Å². The van der Waals surface area contributed by atoms with Gasteiger partial charge < -0.3 is 5.11 Å². The maximum atomic E-state index is 11.6. The number of benzene rings is 1. The van der Waals surface area contributed by atoms with E-state index in [1.165, 1.54) is 11.1 Å². The quantitative estimate of drug-likeness (QED) is 0.741. The first-order chi connectivity index (χ1) is 8.08. The van der Waals surface area contributed by atoms with E-state index in [4.69, 9.17) is 0 Å². The molecule has 2 aliphatic carbocycles. The minimum absolute atomic E-state index is 0.109. The third-order valence-corrected chi connectivity index (χ3v) is 4.29. The van der Waals surface area contributed by atoms with Gasteiger partial charge in [-0.25, -0.2) is 0 Å². The third-order valence-electron chi connectivity index (χ3n) is 4.29. The van der Waals surface area contributed by atoms with Gasteiger partial charge >= 0.3 is 0 Å². The van der Waals surface area contributed by atoms with Gasteiger partial charge in [-0.1, -0.05) is 19.1 Å². The number of hydrogen-bond donors (Lipinski definition) is 1. The first kappa shape index (κ1) is 10.6.